The zero-order valence-electron chi connectivity index (χ0n) is 15.0. The molecule has 3 aromatic rings. The van der Waals surface area contributed by atoms with E-state index in [-0.39, 0.29) is 20.6 Å². The van der Waals surface area contributed by atoms with E-state index in [0.29, 0.717) is 17.1 Å². The van der Waals surface area contributed by atoms with E-state index in [2.05, 4.69) is 23.4 Å². The van der Waals surface area contributed by atoms with Gasteiger partial charge in [-0.25, -0.2) is 13.5 Å². The van der Waals surface area contributed by atoms with Gasteiger partial charge in [0.25, 0.3) is 5.91 Å². The van der Waals surface area contributed by atoms with E-state index in [1.54, 1.807) is 30.3 Å². The molecular formula is C20H13Cl3FN3O2S. The minimum atomic E-state index is -0.618. The average molecular weight is 485 g/mol. The van der Waals surface area contributed by atoms with Gasteiger partial charge in [-0.3, -0.25) is 4.79 Å². The van der Waals surface area contributed by atoms with Gasteiger partial charge in [-0.05, 0) is 48.5 Å². The summed E-state index contributed by atoms with van der Waals surface area (Å²) in [6, 6.07) is 14.2. The van der Waals surface area contributed by atoms with Crippen molar-refractivity contribution in [3.05, 3.63) is 87.1 Å². The summed E-state index contributed by atoms with van der Waals surface area (Å²) in [5.41, 5.74) is 1.11. The van der Waals surface area contributed by atoms with Gasteiger partial charge in [-0.1, -0.05) is 59.8 Å². The highest BCUT2D eigenvalue weighted by Crippen LogP contribution is 2.33. The highest BCUT2D eigenvalue weighted by molar-refractivity contribution is 7.82. The molecule has 5 nitrogen and oxygen atoms in total. The van der Waals surface area contributed by atoms with Crippen LogP contribution in [-0.4, -0.2) is 11.9 Å². The number of rotatable bonds is 4. The van der Waals surface area contributed by atoms with Crippen LogP contribution in [0.3, 0.4) is 0 Å². The molecule has 10 heteroatoms. The second kappa shape index (κ2) is 9.57. The minimum absolute atomic E-state index is 0.0722. The van der Waals surface area contributed by atoms with Crippen molar-refractivity contribution in [2.24, 2.45) is 0 Å². The Hall–Kier alpha value is -2.45. The third-order valence-corrected chi connectivity index (χ3v) is 5.53. The molecule has 0 saturated carbocycles. The molecular weight excluding hydrogens is 472 g/mol. The third kappa shape index (κ3) is 5.17. The van der Waals surface area contributed by atoms with Crippen LogP contribution in [0.4, 0.5) is 26.2 Å². The minimum Gasteiger partial charge on any atom is -0.322 e. The van der Waals surface area contributed by atoms with Crippen molar-refractivity contribution in [3.63, 3.8) is 0 Å². The Morgan fingerprint density at radius 3 is 2.07 bits per heavy atom. The van der Waals surface area contributed by atoms with E-state index in [1.165, 1.54) is 30.3 Å². The number of halogens is 4. The van der Waals surface area contributed by atoms with Gasteiger partial charge in [-0.15, -0.1) is 0 Å². The number of urea groups is 1. The van der Waals surface area contributed by atoms with Crippen LogP contribution in [0.5, 0.6) is 0 Å². The molecule has 0 radical (unpaired) electrons. The summed E-state index contributed by atoms with van der Waals surface area (Å²) in [7, 11) is 0. The number of carbonyl (C=O) groups is 2. The maximum Gasteiger partial charge on any atom is 0.336 e. The first-order valence-corrected chi connectivity index (χ1v) is 9.90. The molecule has 2 N–H and O–H groups in total. The number of benzene rings is 3. The second-order valence-electron chi connectivity index (χ2n) is 5.98. The summed E-state index contributed by atoms with van der Waals surface area (Å²) >= 11 is 22.0. The van der Waals surface area contributed by atoms with E-state index < -0.39 is 17.8 Å². The van der Waals surface area contributed by atoms with Crippen LogP contribution in [0.2, 0.25) is 15.1 Å². The Morgan fingerprint density at radius 2 is 1.47 bits per heavy atom. The van der Waals surface area contributed by atoms with Gasteiger partial charge in [0.1, 0.15) is 5.82 Å². The van der Waals surface area contributed by atoms with Crippen LogP contribution in [0.1, 0.15) is 10.4 Å². The zero-order valence-corrected chi connectivity index (χ0v) is 18.2. The molecule has 0 saturated heterocycles. The zero-order chi connectivity index (χ0) is 21.8. The van der Waals surface area contributed by atoms with E-state index in [1.807, 2.05) is 0 Å². The van der Waals surface area contributed by atoms with Crippen molar-refractivity contribution < 1.29 is 14.0 Å². The molecule has 3 rings (SSSR count). The van der Waals surface area contributed by atoms with Crippen molar-refractivity contribution in [2.75, 3.05) is 14.9 Å². The van der Waals surface area contributed by atoms with Gasteiger partial charge in [0, 0.05) is 11.4 Å². The molecule has 3 aromatic carbocycles. The summed E-state index contributed by atoms with van der Waals surface area (Å²) < 4.78 is 14.8. The van der Waals surface area contributed by atoms with Crippen LogP contribution in [0.15, 0.2) is 60.7 Å². The van der Waals surface area contributed by atoms with Crippen molar-refractivity contribution >= 4 is 76.6 Å². The number of hydrogen-bond donors (Lipinski definition) is 3. The summed E-state index contributed by atoms with van der Waals surface area (Å²) in [6.45, 7) is 0. The lowest BCUT2D eigenvalue weighted by molar-refractivity contribution is 0.102. The Labute approximate surface area is 192 Å². The largest absolute Gasteiger partial charge is 0.336 e. The predicted octanol–water partition coefficient (Wildman–Crippen LogP) is 6.92. The SMILES string of the molecule is O=C(Nc1ccc(N(S)C(=O)Nc2cc(Cl)c(Cl)c(Cl)c2)cc1)c1ccccc1F. The van der Waals surface area contributed by atoms with Gasteiger partial charge in [0.05, 0.1) is 26.3 Å². The molecule has 0 fully saturated rings. The lowest BCUT2D eigenvalue weighted by Crippen LogP contribution is -2.26. The predicted molar refractivity (Wildman–Crippen MR) is 123 cm³/mol. The first-order chi connectivity index (χ1) is 14.3. The summed E-state index contributed by atoms with van der Waals surface area (Å²) in [6.07, 6.45) is 0. The van der Waals surface area contributed by atoms with Crippen LogP contribution in [0, 0.1) is 5.82 Å². The van der Waals surface area contributed by atoms with Crippen LogP contribution in [-0.2, 0) is 0 Å². The van der Waals surface area contributed by atoms with Crippen molar-refractivity contribution in [3.8, 4) is 0 Å². The number of amides is 3. The number of nitrogens with zero attached hydrogens (tertiary/aromatic N) is 1. The number of carbonyl (C=O) groups excluding carboxylic acids is 2. The molecule has 0 aliphatic heterocycles. The molecule has 0 spiro atoms. The summed E-state index contributed by atoms with van der Waals surface area (Å²) in [5.74, 6) is -1.20. The van der Waals surface area contributed by atoms with Crippen molar-refractivity contribution in [1.82, 2.24) is 0 Å². The number of thiol groups is 1. The van der Waals surface area contributed by atoms with Crippen LogP contribution < -0.4 is 14.9 Å². The molecule has 0 heterocycles. The highest BCUT2D eigenvalue weighted by Gasteiger charge is 2.15. The number of anilines is 3. The fraction of sp³-hybridized carbons (Fsp3) is 0. The maximum atomic E-state index is 13.7. The Kier molecular flexibility index (Phi) is 7.10. The molecule has 154 valence electrons. The van der Waals surface area contributed by atoms with Gasteiger partial charge in [-0.2, -0.15) is 0 Å². The lowest BCUT2D eigenvalue weighted by Gasteiger charge is -2.17. The topological polar surface area (TPSA) is 61.4 Å². The molecule has 0 aliphatic carbocycles. The number of nitrogens with one attached hydrogen (secondary N) is 2. The monoisotopic (exact) mass is 483 g/mol. The lowest BCUT2D eigenvalue weighted by atomic mass is 10.2. The Morgan fingerprint density at radius 1 is 0.867 bits per heavy atom. The molecule has 3 amide bonds. The number of hydrogen-bond acceptors (Lipinski definition) is 3. The summed E-state index contributed by atoms with van der Waals surface area (Å²) in [5, 5.41) is 5.76. The Bertz CT molecular complexity index is 1090. The van der Waals surface area contributed by atoms with E-state index in [0.717, 1.165) is 4.31 Å². The fourth-order valence-electron chi connectivity index (χ4n) is 2.45. The standard InChI is InChI=1S/C20H13Cl3FN3O2S/c21-15-9-12(10-16(22)18(15)23)26-20(29)27(30)13-7-5-11(6-8-13)25-19(28)14-3-1-2-4-17(14)24/h1-10,30H,(H,25,28)(H,26,29). The first kappa shape index (κ1) is 22.2. The quantitative estimate of drug-likeness (QED) is 0.278. The van der Waals surface area contributed by atoms with Gasteiger partial charge < -0.3 is 10.6 Å². The fourth-order valence-corrected chi connectivity index (χ4v) is 3.23. The van der Waals surface area contributed by atoms with Crippen LogP contribution >= 0.6 is 47.6 Å². The molecule has 0 aliphatic rings. The molecule has 0 bridgehead atoms. The second-order valence-corrected chi connectivity index (χ2v) is 7.57. The van der Waals surface area contributed by atoms with Gasteiger partial charge in [0.2, 0.25) is 0 Å². The van der Waals surface area contributed by atoms with E-state index in [9.17, 15) is 14.0 Å². The molecule has 0 atom stereocenters. The van der Waals surface area contributed by atoms with Gasteiger partial charge in [0.15, 0.2) is 0 Å². The Balaban J connectivity index is 1.67. The third-order valence-electron chi connectivity index (χ3n) is 3.92. The normalized spacial score (nSPS) is 10.4. The van der Waals surface area contributed by atoms with Crippen LogP contribution in [0.25, 0.3) is 0 Å². The highest BCUT2D eigenvalue weighted by atomic mass is 35.5. The van der Waals surface area contributed by atoms with Gasteiger partial charge >= 0.3 is 6.03 Å². The smallest absolute Gasteiger partial charge is 0.322 e. The van der Waals surface area contributed by atoms with E-state index >= 15 is 0 Å². The molecule has 0 unspecified atom stereocenters. The van der Waals surface area contributed by atoms with Crippen molar-refractivity contribution in [1.29, 1.82) is 0 Å². The molecule has 30 heavy (non-hydrogen) atoms. The average Bonchev–Trinajstić information content (AvgIpc) is 2.72. The van der Waals surface area contributed by atoms with Crippen molar-refractivity contribution in [2.45, 2.75) is 0 Å². The van der Waals surface area contributed by atoms with E-state index in [4.69, 9.17) is 34.8 Å². The maximum absolute atomic E-state index is 13.7. The summed E-state index contributed by atoms with van der Waals surface area (Å²) in [4.78, 5) is 24.6. The molecule has 0 aromatic heterocycles. The first-order valence-electron chi connectivity index (χ1n) is 8.36.